The number of hydrogen-bond donors (Lipinski definition) is 1. The Morgan fingerprint density at radius 2 is 1.91 bits per heavy atom. The highest BCUT2D eigenvalue weighted by atomic mass is 35.5. The van der Waals surface area contributed by atoms with Crippen LogP contribution in [0.15, 0.2) is 42.5 Å². The summed E-state index contributed by atoms with van der Waals surface area (Å²) in [6.45, 7) is 0.491. The number of benzene rings is 2. The lowest BCUT2D eigenvalue weighted by molar-refractivity contribution is -0.137. The van der Waals surface area contributed by atoms with Gasteiger partial charge in [-0.25, -0.2) is 4.79 Å². The van der Waals surface area contributed by atoms with Crippen LogP contribution >= 0.6 is 11.6 Å². The molecule has 7 heteroatoms. The number of carbonyl (C=O) groups is 1. The lowest BCUT2D eigenvalue weighted by atomic mass is 10.2. The molecule has 0 radical (unpaired) electrons. The fourth-order valence-electron chi connectivity index (χ4n) is 2.56. The van der Waals surface area contributed by atoms with Crippen molar-refractivity contribution in [3.05, 3.63) is 58.6 Å². The minimum absolute atomic E-state index is 0.0520. The van der Waals surface area contributed by atoms with Crippen molar-refractivity contribution in [3.63, 3.8) is 0 Å². The summed E-state index contributed by atoms with van der Waals surface area (Å²) < 4.78 is 38.6. The number of anilines is 2. The van der Waals surface area contributed by atoms with Gasteiger partial charge in [0.05, 0.1) is 10.6 Å². The van der Waals surface area contributed by atoms with Crippen LogP contribution in [-0.2, 0) is 12.6 Å². The van der Waals surface area contributed by atoms with E-state index in [1.807, 2.05) is 24.3 Å². The number of carbonyl (C=O) groups excluding carboxylic acids is 1. The van der Waals surface area contributed by atoms with Gasteiger partial charge in [-0.15, -0.1) is 0 Å². The Morgan fingerprint density at radius 3 is 2.65 bits per heavy atom. The Balaban J connectivity index is 1.82. The van der Waals surface area contributed by atoms with Crippen molar-refractivity contribution in [1.82, 2.24) is 0 Å². The molecule has 0 unspecified atom stereocenters. The number of para-hydroxylation sites is 1. The zero-order valence-electron chi connectivity index (χ0n) is 11.8. The minimum Gasteiger partial charge on any atom is -0.308 e. The average Bonchev–Trinajstić information content (AvgIpc) is 2.92. The molecule has 0 bridgehead atoms. The van der Waals surface area contributed by atoms with E-state index in [4.69, 9.17) is 11.6 Å². The summed E-state index contributed by atoms with van der Waals surface area (Å²) in [5.74, 6) is 0. The number of amides is 2. The van der Waals surface area contributed by atoms with Crippen molar-refractivity contribution in [2.75, 3.05) is 16.8 Å². The first-order chi connectivity index (χ1) is 10.9. The van der Waals surface area contributed by atoms with Gasteiger partial charge in [0.1, 0.15) is 0 Å². The number of nitrogens with one attached hydrogen (secondary N) is 1. The van der Waals surface area contributed by atoms with Crippen molar-refractivity contribution in [2.24, 2.45) is 0 Å². The number of fused-ring (bicyclic) bond motifs is 1. The zero-order chi connectivity index (χ0) is 16.6. The summed E-state index contributed by atoms with van der Waals surface area (Å²) in [5, 5.41) is 2.09. The van der Waals surface area contributed by atoms with Crippen LogP contribution in [0.3, 0.4) is 0 Å². The molecular weight excluding hydrogens is 329 g/mol. The molecule has 1 aliphatic rings. The predicted octanol–water partition coefficient (Wildman–Crippen LogP) is 4.95. The van der Waals surface area contributed by atoms with E-state index < -0.39 is 22.8 Å². The smallest absolute Gasteiger partial charge is 0.308 e. The van der Waals surface area contributed by atoms with Gasteiger partial charge in [0, 0.05) is 17.9 Å². The van der Waals surface area contributed by atoms with E-state index in [1.54, 1.807) is 0 Å². The van der Waals surface area contributed by atoms with Crippen molar-refractivity contribution in [3.8, 4) is 0 Å². The normalized spacial score (nSPS) is 13.8. The second-order valence-electron chi connectivity index (χ2n) is 5.15. The predicted molar refractivity (Wildman–Crippen MR) is 83.0 cm³/mol. The molecule has 3 nitrogen and oxygen atoms in total. The standard InChI is InChI=1S/C16H12ClF3N2O/c17-13-6-5-11(9-12(13)16(18,19)20)21-15(23)22-8-7-10-3-1-2-4-14(10)22/h1-6,9H,7-8H2,(H,21,23). The Hall–Kier alpha value is -2.21. The fraction of sp³-hybridized carbons (Fsp3) is 0.188. The van der Waals surface area contributed by atoms with Crippen molar-refractivity contribution in [2.45, 2.75) is 12.6 Å². The molecule has 2 aromatic carbocycles. The van der Waals surface area contributed by atoms with Crippen LogP contribution in [0.2, 0.25) is 5.02 Å². The van der Waals surface area contributed by atoms with E-state index >= 15 is 0 Å². The van der Waals surface area contributed by atoms with E-state index in [2.05, 4.69) is 5.32 Å². The van der Waals surface area contributed by atoms with Crippen molar-refractivity contribution >= 4 is 29.0 Å². The molecule has 1 heterocycles. The van der Waals surface area contributed by atoms with Crippen LogP contribution in [0.1, 0.15) is 11.1 Å². The van der Waals surface area contributed by atoms with Gasteiger partial charge in [0.25, 0.3) is 0 Å². The molecular formula is C16H12ClF3N2O. The topological polar surface area (TPSA) is 32.3 Å². The lowest BCUT2D eigenvalue weighted by Gasteiger charge is -2.19. The second kappa shape index (κ2) is 5.77. The van der Waals surface area contributed by atoms with Gasteiger partial charge in [0.15, 0.2) is 0 Å². The van der Waals surface area contributed by atoms with E-state index in [-0.39, 0.29) is 5.69 Å². The summed E-state index contributed by atoms with van der Waals surface area (Å²) in [4.78, 5) is 13.8. The first-order valence-corrected chi connectivity index (χ1v) is 7.27. The number of alkyl halides is 3. The third-order valence-electron chi connectivity index (χ3n) is 3.66. The van der Waals surface area contributed by atoms with Gasteiger partial charge >= 0.3 is 12.2 Å². The van der Waals surface area contributed by atoms with Crippen molar-refractivity contribution in [1.29, 1.82) is 0 Å². The maximum Gasteiger partial charge on any atom is 0.417 e. The lowest BCUT2D eigenvalue weighted by Crippen LogP contribution is -2.33. The van der Waals surface area contributed by atoms with Crippen LogP contribution in [0.5, 0.6) is 0 Å². The fourth-order valence-corrected chi connectivity index (χ4v) is 2.79. The summed E-state index contributed by atoms with van der Waals surface area (Å²) in [6.07, 6.45) is -3.85. The molecule has 23 heavy (non-hydrogen) atoms. The zero-order valence-corrected chi connectivity index (χ0v) is 12.6. The Kier molecular flexibility index (Phi) is 3.93. The Morgan fingerprint density at radius 1 is 1.17 bits per heavy atom. The largest absolute Gasteiger partial charge is 0.417 e. The molecule has 2 amide bonds. The van der Waals surface area contributed by atoms with Gasteiger partial charge < -0.3 is 5.32 Å². The molecule has 0 fully saturated rings. The maximum atomic E-state index is 12.9. The quantitative estimate of drug-likeness (QED) is 0.782. The van der Waals surface area contributed by atoms with E-state index in [0.29, 0.717) is 6.54 Å². The van der Waals surface area contributed by atoms with E-state index in [9.17, 15) is 18.0 Å². The monoisotopic (exact) mass is 340 g/mol. The van der Waals surface area contributed by atoms with Gasteiger partial charge in [-0.05, 0) is 36.2 Å². The summed E-state index contributed by atoms with van der Waals surface area (Å²) in [5.41, 5.74) is 0.889. The van der Waals surface area contributed by atoms with Crippen LogP contribution in [-0.4, -0.2) is 12.6 Å². The molecule has 0 saturated carbocycles. The Labute approximate surface area is 135 Å². The summed E-state index contributed by atoms with van der Waals surface area (Å²) in [7, 11) is 0. The van der Waals surface area contributed by atoms with Crippen LogP contribution in [0, 0.1) is 0 Å². The number of urea groups is 1. The molecule has 0 aromatic heterocycles. The second-order valence-corrected chi connectivity index (χ2v) is 5.56. The number of nitrogens with zero attached hydrogens (tertiary/aromatic N) is 1. The SMILES string of the molecule is O=C(Nc1ccc(Cl)c(C(F)(F)F)c1)N1CCc2ccccc21. The van der Waals surface area contributed by atoms with Gasteiger partial charge in [-0.1, -0.05) is 29.8 Å². The van der Waals surface area contributed by atoms with Gasteiger partial charge in [0.2, 0.25) is 0 Å². The number of rotatable bonds is 1. The highest BCUT2D eigenvalue weighted by Gasteiger charge is 2.33. The van der Waals surface area contributed by atoms with E-state index in [1.165, 1.54) is 11.0 Å². The van der Waals surface area contributed by atoms with Gasteiger partial charge in [-0.2, -0.15) is 13.2 Å². The van der Waals surface area contributed by atoms with Crippen LogP contribution in [0.25, 0.3) is 0 Å². The third kappa shape index (κ3) is 3.12. The number of halogens is 4. The molecule has 1 N–H and O–H groups in total. The summed E-state index contributed by atoms with van der Waals surface area (Å²) >= 11 is 5.57. The average molecular weight is 341 g/mol. The highest BCUT2D eigenvalue weighted by molar-refractivity contribution is 6.31. The van der Waals surface area contributed by atoms with Crippen molar-refractivity contribution < 1.29 is 18.0 Å². The molecule has 3 rings (SSSR count). The number of hydrogen-bond acceptors (Lipinski definition) is 1. The molecule has 120 valence electrons. The minimum atomic E-state index is -4.57. The maximum absolute atomic E-state index is 12.9. The Bertz CT molecular complexity index is 761. The van der Waals surface area contributed by atoms with Gasteiger partial charge in [-0.3, -0.25) is 4.90 Å². The molecule has 0 spiro atoms. The molecule has 0 aliphatic carbocycles. The third-order valence-corrected chi connectivity index (χ3v) is 3.98. The van der Waals surface area contributed by atoms with Crippen LogP contribution < -0.4 is 10.2 Å². The first kappa shape index (κ1) is 15.7. The van der Waals surface area contributed by atoms with Crippen LogP contribution in [0.4, 0.5) is 29.3 Å². The summed E-state index contributed by atoms with van der Waals surface area (Å²) in [6, 6.07) is 10.3. The molecule has 0 saturated heterocycles. The highest BCUT2D eigenvalue weighted by Crippen LogP contribution is 2.36. The molecule has 2 aromatic rings. The van der Waals surface area contributed by atoms with E-state index in [0.717, 1.165) is 29.8 Å². The first-order valence-electron chi connectivity index (χ1n) is 6.89. The molecule has 1 aliphatic heterocycles. The molecule has 0 atom stereocenters.